The summed E-state index contributed by atoms with van der Waals surface area (Å²) in [4.78, 5) is 0. The predicted octanol–water partition coefficient (Wildman–Crippen LogP) is 0.774. The third-order valence-electron chi connectivity index (χ3n) is 1.30. The molecule has 0 amide bonds. The molecule has 1 rings (SSSR count). The quantitative estimate of drug-likeness (QED) is 0.290. The van der Waals surface area contributed by atoms with Gasteiger partial charge in [0.2, 0.25) is 0 Å². The third-order valence-corrected chi connectivity index (χ3v) is 1.30. The zero-order valence-corrected chi connectivity index (χ0v) is 5.09. The Morgan fingerprint density at radius 3 is 2.56 bits per heavy atom. The maximum atomic E-state index is 9.00. The van der Waals surface area contributed by atoms with Crippen LogP contribution in [0.25, 0.3) is 0 Å². The number of hydrogen-bond acceptors (Lipinski definition) is 2. The number of nitrogens with two attached hydrogens (primary N) is 1. The van der Waals surface area contributed by atoms with Crippen molar-refractivity contribution in [3.05, 3.63) is 11.8 Å². The molecule has 1 aliphatic carbocycles. The molecule has 0 atom stereocenters. The van der Waals surface area contributed by atoms with Crippen LogP contribution in [0, 0.1) is 11.3 Å². The molecule has 9 heavy (non-hydrogen) atoms. The summed E-state index contributed by atoms with van der Waals surface area (Å²) in [5, 5.41) is 15.8. The van der Waals surface area contributed by atoms with Crippen molar-refractivity contribution in [3.63, 3.8) is 0 Å². The van der Waals surface area contributed by atoms with Crippen molar-refractivity contribution < 1.29 is 5.11 Å². The molecular weight excluding hydrogens is 116 g/mol. The molecule has 1 aliphatic rings. The summed E-state index contributed by atoms with van der Waals surface area (Å²) in [6, 6.07) is 0. The summed E-state index contributed by atoms with van der Waals surface area (Å²) in [7, 11) is 0. The largest absolute Gasteiger partial charge is 0.512 e. The summed E-state index contributed by atoms with van der Waals surface area (Å²) >= 11 is 0. The van der Waals surface area contributed by atoms with Crippen molar-refractivity contribution in [2.45, 2.75) is 12.8 Å². The first-order valence-electron chi connectivity index (χ1n) is 2.94. The number of rotatable bonds is 2. The van der Waals surface area contributed by atoms with E-state index in [4.69, 9.17) is 16.2 Å². The fourth-order valence-electron chi connectivity index (χ4n) is 0.656. The minimum atomic E-state index is -0.0700. The second kappa shape index (κ2) is 2.09. The lowest BCUT2D eigenvalue weighted by Crippen LogP contribution is -2.06. The van der Waals surface area contributed by atoms with Crippen LogP contribution in [-0.2, 0) is 0 Å². The molecule has 0 aromatic carbocycles. The van der Waals surface area contributed by atoms with Gasteiger partial charge in [-0.25, -0.2) is 0 Å². The Bertz CT molecular complexity index is 158. The molecule has 1 saturated carbocycles. The van der Waals surface area contributed by atoms with Gasteiger partial charge in [0.25, 0.3) is 0 Å². The van der Waals surface area contributed by atoms with Gasteiger partial charge < -0.3 is 10.8 Å². The monoisotopic (exact) mass is 126 g/mol. The van der Waals surface area contributed by atoms with Crippen molar-refractivity contribution in [2.75, 3.05) is 0 Å². The smallest absolute Gasteiger partial charge is 0.118 e. The number of nitrogens with one attached hydrogen (secondary N) is 1. The first-order valence-corrected chi connectivity index (χ1v) is 2.94. The molecule has 3 nitrogen and oxygen atoms in total. The van der Waals surface area contributed by atoms with Crippen LogP contribution in [0.4, 0.5) is 0 Å². The third kappa shape index (κ3) is 1.76. The van der Waals surface area contributed by atoms with Gasteiger partial charge >= 0.3 is 0 Å². The van der Waals surface area contributed by atoms with E-state index in [1.165, 1.54) is 6.08 Å². The number of amidine groups is 1. The Balaban J connectivity index is 2.47. The van der Waals surface area contributed by atoms with E-state index in [2.05, 4.69) is 0 Å². The van der Waals surface area contributed by atoms with Gasteiger partial charge in [-0.1, -0.05) is 0 Å². The molecule has 50 valence electrons. The number of hydrogen-bond donors (Lipinski definition) is 3. The van der Waals surface area contributed by atoms with E-state index in [1.807, 2.05) is 0 Å². The van der Waals surface area contributed by atoms with Gasteiger partial charge in [-0.05, 0) is 12.8 Å². The van der Waals surface area contributed by atoms with Crippen LogP contribution in [0.15, 0.2) is 11.8 Å². The van der Waals surface area contributed by atoms with Gasteiger partial charge in [-0.15, -0.1) is 0 Å². The minimum Gasteiger partial charge on any atom is -0.512 e. The lowest BCUT2D eigenvalue weighted by atomic mass is 10.3. The van der Waals surface area contributed by atoms with Gasteiger partial charge in [0.15, 0.2) is 0 Å². The van der Waals surface area contributed by atoms with Crippen molar-refractivity contribution in [1.82, 2.24) is 0 Å². The summed E-state index contributed by atoms with van der Waals surface area (Å²) in [6.45, 7) is 0. The van der Waals surface area contributed by atoms with Gasteiger partial charge in [-0.3, -0.25) is 5.41 Å². The van der Waals surface area contributed by atoms with Gasteiger partial charge in [-0.2, -0.15) is 0 Å². The lowest BCUT2D eigenvalue weighted by molar-refractivity contribution is 0.380. The molecule has 0 saturated heterocycles. The molecule has 0 unspecified atom stereocenters. The maximum absolute atomic E-state index is 9.00. The summed E-state index contributed by atoms with van der Waals surface area (Å²) in [6.07, 6.45) is 3.38. The maximum Gasteiger partial charge on any atom is 0.118 e. The van der Waals surface area contributed by atoms with E-state index in [0.717, 1.165) is 12.8 Å². The average molecular weight is 126 g/mol. The van der Waals surface area contributed by atoms with Crippen LogP contribution >= 0.6 is 0 Å². The van der Waals surface area contributed by atoms with Crippen LogP contribution in [0.1, 0.15) is 12.8 Å². The Labute approximate surface area is 53.7 Å². The second-order valence-corrected chi connectivity index (χ2v) is 2.30. The highest BCUT2D eigenvalue weighted by Crippen LogP contribution is 2.34. The standard InChI is InChI=1S/C6H10N2O/c7-6(8)3-5(9)4-1-2-4/h3-4,9H,1-2H2,(H3,7,8)/b5-3-. The molecular formula is C6H10N2O. The normalized spacial score (nSPS) is 19.8. The van der Waals surface area contributed by atoms with Crippen LogP contribution in [0.3, 0.4) is 0 Å². The van der Waals surface area contributed by atoms with E-state index in [1.54, 1.807) is 0 Å². The Morgan fingerprint density at radius 2 is 2.22 bits per heavy atom. The zero-order chi connectivity index (χ0) is 6.85. The second-order valence-electron chi connectivity index (χ2n) is 2.30. The van der Waals surface area contributed by atoms with Crippen LogP contribution in [-0.4, -0.2) is 10.9 Å². The first kappa shape index (κ1) is 6.13. The molecule has 0 spiro atoms. The molecule has 0 heterocycles. The van der Waals surface area contributed by atoms with Crippen molar-refractivity contribution in [1.29, 1.82) is 5.41 Å². The predicted molar refractivity (Wildman–Crippen MR) is 35.3 cm³/mol. The highest BCUT2D eigenvalue weighted by Gasteiger charge is 2.25. The highest BCUT2D eigenvalue weighted by atomic mass is 16.3. The summed E-state index contributed by atoms with van der Waals surface area (Å²) in [5.41, 5.74) is 5.01. The summed E-state index contributed by atoms with van der Waals surface area (Å²) < 4.78 is 0. The molecule has 0 aromatic rings. The van der Waals surface area contributed by atoms with Gasteiger partial charge in [0.1, 0.15) is 5.84 Å². The van der Waals surface area contributed by atoms with E-state index < -0.39 is 0 Å². The van der Waals surface area contributed by atoms with Crippen LogP contribution in [0.2, 0.25) is 0 Å². The van der Waals surface area contributed by atoms with Crippen molar-refractivity contribution in [2.24, 2.45) is 11.7 Å². The molecule has 1 fully saturated rings. The molecule has 3 heteroatoms. The number of allylic oxidation sites excluding steroid dienone is 1. The molecule has 4 N–H and O–H groups in total. The van der Waals surface area contributed by atoms with E-state index >= 15 is 0 Å². The Kier molecular flexibility index (Phi) is 1.42. The molecule has 0 radical (unpaired) electrons. The Morgan fingerprint density at radius 1 is 1.67 bits per heavy atom. The fraction of sp³-hybridized carbons (Fsp3) is 0.500. The fourth-order valence-corrected chi connectivity index (χ4v) is 0.656. The number of aliphatic hydroxyl groups is 1. The first-order chi connectivity index (χ1) is 4.20. The van der Waals surface area contributed by atoms with E-state index in [-0.39, 0.29) is 11.6 Å². The van der Waals surface area contributed by atoms with E-state index in [0.29, 0.717) is 5.92 Å². The van der Waals surface area contributed by atoms with Crippen molar-refractivity contribution >= 4 is 5.84 Å². The molecule has 0 aliphatic heterocycles. The van der Waals surface area contributed by atoms with Gasteiger partial charge in [0, 0.05) is 12.0 Å². The Hall–Kier alpha value is -0.990. The number of aliphatic hydroxyl groups excluding tert-OH is 1. The van der Waals surface area contributed by atoms with Crippen LogP contribution < -0.4 is 5.73 Å². The summed E-state index contributed by atoms with van der Waals surface area (Å²) in [5.74, 6) is 0.496. The minimum absolute atomic E-state index is 0.0700. The highest BCUT2D eigenvalue weighted by molar-refractivity contribution is 5.88. The molecule has 0 aromatic heterocycles. The molecule has 0 bridgehead atoms. The SMILES string of the molecule is N=C(N)/C=C(\O)C1CC1. The lowest BCUT2D eigenvalue weighted by Gasteiger charge is -1.92. The van der Waals surface area contributed by atoms with Crippen LogP contribution in [0.5, 0.6) is 0 Å². The van der Waals surface area contributed by atoms with Crippen molar-refractivity contribution in [3.8, 4) is 0 Å². The average Bonchev–Trinajstić information content (AvgIpc) is 2.40. The topological polar surface area (TPSA) is 70.1 Å². The van der Waals surface area contributed by atoms with E-state index in [9.17, 15) is 0 Å². The van der Waals surface area contributed by atoms with Gasteiger partial charge in [0.05, 0.1) is 5.76 Å². The zero-order valence-electron chi connectivity index (χ0n) is 5.09.